The lowest BCUT2D eigenvalue weighted by atomic mass is 9.89. The Morgan fingerprint density at radius 1 is 1.30 bits per heavy atom. The van der Waals surface area contributed by atoms with E-state index in [0.29, 0.717) is 28.3 Å². The number of nitrogens with zero attached hydrogens (tertiary/aromatic N) is 3. The molecule has 1 saturated carbocycles. The summed E-state index contributed by atoms with van der Waals surface area (Å²) in [5.41, 5.74) is 1.88. The zero-order valence-electron chi connectivity index (χ0n) is 16.5. The monoisotopic (exact) mass is 426 g/mol. The Kier molecular flexibility index (Phi) is 6.13. The Hall–Kier alpha value is -2.74. The van der Waals surface area contributed by atoms with E-state index in [0.717, 1.165) is 18.4 Å². The molecule has 30 heavy (non-hydrogen) atoms. The van der Waals surface area contributed by atoms with Gasteiger partial charge in [-0.2, -0.15) is 0 Å². The highest BCUT2D eigenvalue weighted by molar-refractivity contribution is 6.30. The zero-order valence-corrected chi connectivity index (χ0v) is 17.3. The molecule has 1 aliphatic rings. The van der Waals surface area contributed by atoms with Gasteiger partial charge < -0.3 is 19.7 Å². The van der Waals surface area contributed by atoms with Gasteiger partial charge in [0.25, 0.3) is 5.56 Å². The molecule has 0 radical (unpaired) electrons. The van der Waals surface area contributed by atoms with Crippen LogP contribution in [0.1, 0.15) is 24.4 Å². The number of aromatic nitrogens is 3. The van der Waals surface area contributed by atoms with Gasteiger partial charge in [0.1, 0.15) is 0 Å². The number of anilines is 1. The first kappa shape index (κ1) is 20.5. The van der Waals surface area contributed by atoms with Gasteiger partial charge in [0.2, 0.25) is 5.95 Å². The summed E-state index contributed by atoms with van der Waals surface area (Å²) in [6, 6.07) is 12.0. The average molecular weight is 427 g/mol. The van der Waals surface area contributed by atoms with Crippen molar-refractivity contribution in [3.05, 3.63) is 75.8 Å². The molecule has 0 saturated heterocycles. The van der Waals surface area contributed by atoms with E-state index in [1.807, 2.05) is 12.1 Å². The maximum atomic E-state index is 12.8. The fourth-order valence-electron chi connectivity index (χ4n) is 3.62. The van der Waals surface area contributed by atoms with Crippen molar-refractivity contribution >= 4 is 17.5 Å². The minimum atomic E-state index is -0.514. The van der Waals surface area contributed by atoms with Crippen LogP contribution in [0.25, 0.3) is 11.3 Å². The smallest absolute Gasteiger partial charge is 0.251 e. The summed E-state index contributed by atoms with van der Waals surface area (Å²) < 4.78 is 6.79. The summed E-state index contributed by atoms with van der Waals surface area (Å²) in [5.74, 6) is 0.531. The first-order valence-corrected chi connectivity index (χ1v) is 10.2. The largest absolute Gasteiger partial charge is 0.394 e. The van der Waals surface area contributed by atoms with Crippen LogP contribution < -0.4 is 10.9 Å². The van der Waals surface area contributed by atoms with Crippen LogP contribution in [0.5, 0.6) is 0 Å². The fourth-order valence-corrected chi connectivity index (χ4v) is 3.82. The van der Waals surface area contributed by atoms with Gasteiger partial charge in [-0.15, -0.1) is 0 Å². The predicted molar refractivity (Wildman–Crippen MR) is 116 cm³/mol. The van der Waals surface area contributed by atoms with Crippen molar-refractivity contribution in [2.75, 3.05) is 19.0 Å². The predicted octanol–water partition coefficient (Wildman–Crippen LogP) is 3.13. The maximum absolute atomic E-state index is 12.8. The van der Waals surface area contributed by atoms with Crippen molar-refractivity contribution < 1.29 is 9.84 Å². The quantitative estimate of drug-likeness (QED) is 0.603. The first-order valence-electron chi connectivity index (χ1n) is 9.78. The van der Waals surface area contributed by atoms with Crippen LogP contribution in [-0.4, -0.2) is 45.5 Å². The Balaban J connectivity index is 1.56. The average Bonchev–Trinajstić information content (AvgIpc) is 2.72. The second-order valence-electron chi connectivity index (χ2n) is 7.35. The summed E-state index contributed by atoms with van der Waals surface area (Å²) in [6.07, 6.45) is 5.48. The molecule has 1 fully saturated rings. The molecule has 3 aromatic rings. The zero-order chi connectivity index (χ0) is 21.1. The Bertz CT molecular complexity index is 1080. The summed E-state index contributed by atoms with van der Waals surface area (Å²) in [7, 11) is 1.72. The number of nitrogens with one attached hydrogen (secondary N) is 1. The number of benzene rings is 1. The van der Waals surface area contributed by atoms with E-state index in [2.05, 4.69) is 15.3 Å². The summed E-state index contributed by atoms with van der Waals surface area (Å²) in [5, 5.41) is 13.7. The molecule has 0 bridgehead atoms. The number of aliphatic hydroxyl groups excluding tert-OH is 1. The highest BCUT2D eigenvalue weighted by Gasteiger charge is 2.29. The number of aliphatic hydroxyl groups is 1. The topological polar surface area (TPSA) is 89.3 Å². The van der Waals surface area contributed by atoms with Crippen LogP contribution in [0.3, 0.4) is 0 Å². The standard InChI is InChI=1S/C22H23ClN4O3/c1-30-18-11-17(12-18)25-22-24-7-5-19(26-22)14-6-8-27(21(29)10-14)20(13-28)15-3-2-4-16(23)9-15/h2-10,17-18,20,28H,11-13H2,1H3,(H,24,25,26). The Morgan fingerprint density at radius 2 is 2.13 bits per heavy atom. The minimum absolute atomic E-state index is 0.217. The van der Waals surface area contributed by atoms with Crippen LogP contribution >= 0.6 is 11.6 Å². The molecule has 2 heterocycles. The molecule has 7 nitrogen and oxygen atoms in total. The second-order valence-corrected chi connectivity index (χ2v) is 7.79. The van der Waals surface area contributed by atoms with Gasteiger partial charge in [0, 0.05) is 42.2 Å². The van der Waals surface area contributed by atoms with Crippen molar-refractivity contribution in [2.24, 2.45) is 0 Å². The molecule has 4 rings (SSSR count). The van der Waals surface area contributed by atoms with Crippen LogP contribution in [0.15, 0.2) is 59.7 Å². The number of hydrogen-bond acceptors (Lipinski definition) is 6. The van der Waals surface area contributed by atoms with Gasteiger partial charge in [-0.3, -0.25) is 4.79 Å². The lowest BCUT2D eigenvalue weighted by molar-refractivity contribution is 0.0327. The number of rotatable bonds is 7. The van der Waals surface area contributed by atoms with Crippen molar-refractivity contribution in [3.8, 4) is 11.3 Å². The molecule has 0 aliphatic heterocycles. The summed E-state index contributed by atoms with van der Waals surface area (Å²) in [6.45, 7) is -0.217. The van der Waals surface area contributed by atoms with E-state index in [-0.39, 0.29) is 18.3 Å². The first-order chi connectivity index (χ1) is 14.6. The molecule has 1 atom stereocenters. The SMILES string of the molecule is COC1CC(Nc2nccc(-c3ccn(C(CO)c4cccc(Cl)c4)c(=O)c3)n2)C1. The molecular weight excluding hydrogens is 404 g/mol. The third-order valence-corrected chi connectivity index (χ3v) is 5.64. The van der Waals surface area contributed by atoms with Gasteiger partial charge in [0.15, 0.2) is 0 Å². The molecule has 1 aliphatic carbocycles. The van der Waals surface area contributed by atoms with Crippen molar-refractivity contribution in [2.45, 2.75) is 31.0 Å². The van der Waals surface area contributed by atoms with Crippen molar-refractivity contribution in [3.63, 3.8) is 0 Å². The van der Waals surface area contributed by atoms with Crippen LogP contribution in [0.4, 0.5) is 5.95 Å². The van der Waals surface area contributed by atoms with Gasteiger partial charge in [-0.05, 0) is 42.7 Å². The third-order valence-electron chi connectivity index (χ3n) is 5.40. The molecule has 1 unspecified atom stereocenters. The second kappa shape index (κ2) is 8.95. The maximum Gasteiger partial charge on any atom is 0.251 e. The van der Waals surface area contributed by atoms with Crippen LogP contribution in [-0.2, 0) is 4.74 Å². The lowest BCUT2D eigenvalue weighted by Gasteiger charge is -2.34. The molecule has 0 spiro atoms. The van der Waals surface area contributed by atoms with E-state index in [1.54, 1.807) is 43.8 Å². The van der Waals surface area contributed by atoms with Gasteiger partial charge in [0.05, 0.1) is 24.4 Å². The molecule has 1 aromatic carbocycles. The highest BCUT2D eigenvalue weighted by atomic mass is 35.5. The number of halogens is 1. The Labute approximate surface area is 179 Å². The third kappa shape index (κ3) is 4.38. The normalized spacial score (nSPS) is 19.2. The fraction of sp³-hybridized carbons (Fsp3) is 0.318. The number of ether oxygens (including phenoxy) is 1. The molecule has 156 valence electrons. The summed E-state index contributed by atoms with van der Waals surface area (Å²) in [4.78, 5) is 21.6. The highest BCUT2D eigenvalue weighted by Crippen LogP contribution is 2.26. The van der Waals surface area contributed by atoms with Gasteiger partial charge >= 0.3 is 0 Å². The van der Waals surface area contributed by atoms with E-state index < -0.39 is 6.04 Å². The van der Waals surface area contributed by atoms with Crippen LogP contribution in [0, 0.1) is 0 Å². The van der Waals surface area contributed by atoms with E-state index in [9.17, 15) is 9.90 Å². The van der Waals surface area contributed by atoms with Crippen molar-refractivity contribution in [1.29, 1.82) is 0 Å². The number of methoxy groups -OCH3 is 1. The Morgan fingerprint density at radius 3 is 2.83 bits per heavy atom. The van der Waals surface area contributed by atoms with E-state index in [1.165, 1.54) is 10.6 Å². The van der Waals surface area contributed by atoms with E-state index in [4.69, 9.17) is 16.3 Å². The van der Waals surface area contributed by atoms with Crippen LogP contribution in [0.2, 0.25) is 5.02 Å². The van der Waals surface area contributed by atoms with Gasteiger partial charge in [-0.1, -0.05) is 23.7 Å². The summed E-state index contributed by atoms with van der Waals surface area (Å²) >= 11 is 6.06. The van der Waals surface area contributed by atoms with Gasteiger partial charge in [-0.25, -0.2) is 9.97 Å². The molecule has 0 amide bonds. The minimum Gasteiger partial charge on any atom is -0.394 e. The van der Waals surface area contributed by atoms with Crippen molar-refractivity contribution in [1.82, 2.24) is 14.5 Å². The number of pyridine rings is 1. The molecule has 2 aromatic heterocycles. The molecular formula is C22H23ClN4O3. The molecule has 2 N–H and O–H groups in total. The molecule has 8 heteroatoms. The van der Waals surface area contributed by atoms with E-state index >= 15 is 0 Å². The lowest BCUT2D eigenvalue weighted by Crippen LogP contribution is -2.40. The number of hydrogen-bond donors (Lipinski definition) is 2.